The number of benzene rings is 2. The summed E-state index contributed by atoms with van der Waals surface area (Å²) in [7, 11) is 1.57. The van der Waals surface area contributed by atoms with E-state index in [1.807, 2.05) is 18.2 Å². The number of hydrogen-bond donors (Lipinski definition) is 3. The zero-order valence-electron chi connectivity index (χ0n) is 17.6. The number of nitrogens with zero attached hydrogens (tertiary/aromatic N) is 2. The van der Waals surface area contributed by atoms with Crippen molar-refractivity contribution in [1.29, 1.82) is 0 Å². The summed E-state index contributed by atoms with van der Waals surface area (Å²) < 4.78 is 5.91. The van der Waals surface area contributed by atoms with E-state index in [1.165, 1.54) is 18.4 Å². The molecule has 2 aromatic carbocycles. The summed E-state index contributed by atoms with van der Waals surface area (Å²) in [6, 6.07) is 17.4. The summed E-state index contributed by atoms with van der Waals surface area (Å²) in [5.41, 5.74) is 4.30. The van der Waals surface area contributed by atoms with Crippen molar-refractivity contribution in [1.82, 2.24) is 20.3 Å². The number of unbranched alkanes of at least 4 members (excludes halogenated alkanes) is 1. The number of aryl methyl sites for hydroxylation is 1. The van der Waals surface area contributed by atoms with E-state index < -0.39 is 0 Å². The highest BCUT2D eigenvalue weighted by Gasteiger charge is 2.09. The SMILES string of the molecule is CCCCc1ccc(Nc2nc3ccc(Oc4ccnc(C(=O)NC)c4)cc3[nH]2)cc1. The van der Waals surface area contributed by atoms with E-state index in [0.29, 0.717) is 23.1 Å². The zero-order chi connectivity index (χ0) is 21.6. The third-order valence-electron chi connectivity index (χ3n) is 4.92. The number of nitrogens with one attached hydrogen (secondary N) is 3. The summed E-state index contributed by atoms with van der Waals surface area (Å²) in [5, 5.41) is 5.87. The number of hydrogen-bond acceptors (Lipinski definition) is 5. The van der Waals surface area contributed by atoms with Crippen LogP contribution in [0.25, 0.3) is 11.0 Å². The van der Waals surface area contributed by atoms with Gasteiger partial charge in [0.05, 0.1) is 11.0 Å². The number of fused-ring (bicyclic) bond motifs is 1. The first-order chi connectivity index (χ1) is 15.1. The molecule has 0 saturated heterocycles. The first-order valence-electron chi connectivity index (χ1n) is 10.4. The van der Waals surface area contributed by atoms with Crippen molar-refractivity contribution in [3.8, 4) is 11.5 Å². The summed E-state index contributed by atoms with van der Waals surface area (Å²) in [6.45, 7) is 2.20. The molecule has 0 aliphatic rings. The number of imidazole rings is 1. The van der Waals surface area contributed by atoms with Crippen LogP contribution in [-0.4, -0.2) is 27.9 Å². The molecule has 7 nitrogen and oxygen atoms in total. The van der Waals surface area contributed by atoms with Gasteiger partial charge in [0, 0.05) is 31.1 Å². The molecule has 0 radical (unpaired) electrons. The largest absolute Gasteiger partial charge is 0.457 e. The molecule has 0 saturated carbocycles. The summed E-state index contributed by atoms with van der Waals surface area (Å²) in [4.78, 5) is 23.7. The fourth-order valence-corrected chi connectivity index (χ4v) is 3.25. The molecule has 7 heteroatoms. The van der Waals surface area contributed by atoms with E-state index >= 15 is 0 Å². The fourth-order valence-electron chi connectivity index (χ4n) is 3.25. The van der Waals surface area contributed by atoms with Gasteiger partial charge in [0.1, 0.15) is 17.2 Å². The summed E-state index contributed by atoms with van der Waals surface area (Å²) >= 11 is 0. The van der Waals surface area contributed by atoms with Gasteiger partial charge in [0.15, 0.2) is 0 Å². The topological polar surface area (TPSA) is 91.9 Å². The van der Waals surface area contributed by atoms with Gasteiger partial charge in [-0.05, 0) is 48.7 Å². The molecule has 0 atom stereocenters. The second kappa shape index (κ2) is 9.30. The molecule has 31 heavy (non-hydrogen) atoms. The molecule has 0 fully saturated rings. The molecule has 0 spiro atoms. The fraction of sp³-hybridized carbons (Fsp3) is 0.208. The molecule has 3 N–H and O–H groups in total. The second-order valence-corrected chi connectivity index (χ2v) is 7.25. The minimum atomic E-state index is -0.261. The van der Waals surface area contributed by atoms with Crippen molar-refractivity contribution in [2.24, 2.45) is 0 Å². The Bertz CT molecular complexity index is 1180. The minimum Gasteiger partial charge on any atom is -0.457 e. The van der Waals surface area contributed by atoms with E-state index in [1.54, 1.807) is 25.4 Å². The highest BCUT2D eigenvalue weighted by Crippen LogP contribution is 2.26. The van der Waals surface area contributed by atoms with Crippen molar-refractivity contribution in [2.75, 3.05) is 12.4 Å². The van der Waals surface area contributed by atoms with E-state index in [0.717, 1.165) is 23.1 Å². The van der Waals surface area contributed by atoms with E-state index in [-0.39, 0.29) is 5.91 Å². The van der Waals surface area contributed by atoms with Crippen LogP contribution >= 0.6 is 0 Å². The maximum atomic E-state index is 11.8. The first-order valence-corrected chi connectivity index (χ1v) is 10.4. The molecule has 4 aromatic rings. The molecular weight excluding hydrogens is 390 g/mol. The Labute approximate surface area is 180 Å². The third kappa shape index (κ3) is 5.01. The number of ether oxygens (including phenoxy) is 1. The Morgan fingerprint density at radius 2 is 1.87 bits per heavy atom. The van der Waals surface area contributed by atoms with Gasteiger partial charge in [0.25, 0.3) is 5.91 Å². The third-order valence-corrected chi connectivity index (χ3v) is 4.92. The maximum Gasteiger partial charge on any atom is 0.269 e. The number of anilines is 2. The van der Waals surface area contributed by atoms with Gasteiger partial charge < -0.3 is 20.4 Å². The van der Waals surface area contributed by atoms with Crippen LogP contribution < -0.4 is 15.4 Å². The van der Waals surface area contributed by atoms with Crippen LogP contribution in [0.1, 0.15) is 35.8 Å². The van der Waals surface area contributed by atoms with Crippen molar-refractivity contribution in [3.05, 3.63) is 72.1 Å². The predicted octanol–water partition coefficient (Wildman–Crippen LogP) is 5.20. The highest BCUT2D eigenvalue weighted by atomic mass is 16.5. The van der Waals surface area contributed by atoms with E-state index in [2.05, 4.69) is 56.8 Å². The quantitative estimate of drug-likeness (QED) is 0.368. The number of rotatable bonds is 8. The molecule has 0 unspecified atom stereocenters. The van der Waals surface area contributed by atoms with Gasteiger partial charge in [-0.3, -0.25) is 9.78 Å². The Morgan fingerprint density at radius 1 is 1.06 bits per heavy atom. The number of pyridine rings is 1. The molecule has 2 aromatic heterocycles. The number of aromatic amines is 1. The molecule has 0 aliphatic heterocycles. The number of amides is 1. The lowest BCUT2D eigenvalue weighted by Crippen LogP contribution is -2.18. The molecule has 158 valence electrons. The average Bonchev–Trinajstić information content (AvgIpc) is 3.19. The van der Waals surface area contributed by atoms with E-state index in [9.17, 15) is 4.79 Å². The highest BCUT2D eigenvalue weighted by molar-refractivity contribution is 5.92. The standard InChI is InChI=1S/C24H25N5O2/c1-3-4-5-16-6-8-17(9-7-16)27-24-28-20-11-10-18(14-21(20)29-24)31-19-12-13-26-22(15-19)23(30)25-2/h6-15H,3-5H2,1-2H3,(H,25,30)(H2,27,28,29). The van der Waals surface area contributed by atoms with Gasteiger partial charge in [-0.15, -0.1) is 0 Å². The normalized spacial score (nSPS) is 10.8. The van der Waals surface area contributed by atoms with Gasteiger partial charge in [0.2, 0.25) is 5.95 Å². The van der Waals surface area contributed by atoms with Crippen LogP contribution in [0.2, 0.25) is 0 Å². The van der Waals surface area contributed by atoms with Crippen LogP contribution in [0.15, 0.2) is 60.8 Å². The monoisotopic (exact) mass is 415 g/mol. The van der Waals surface area contributed by atoms with Crippen LogP contribution in [0.3, 0.4) is 0 Å². The average molecular weight is 415 g/mol. The lowest BCUT2D eigenvalue weighted by atomic mass is 10.1. The number of carbonyl (C=O) groups is 1. The van der Waals surface area contributed by atoms with Crippen LogP contribution in [0.5, 0.6) is 11.5 Å². The zero-order valence-corrected chi connectivity index (χ0v) is 17.6. The Kier molecular flexibility index (Phi) is 6.12. The second-order valence-electron chi connectivity index (χ2n) is 7.25. The lowest BCUT2D eigenvalue weighted by Gasteiger charge is -2.06. The summed E-state index contributed by atoms with van der Waals surface area (Å²) in [6.07, 6.45) is 5.05. The molecule has 2 heterocycles. The molecule has 0 bridgehead atoms. The number of aromatic nitrogens is 3. The lowest BCUT2D eigenvalue weighted by molar-refractivity contribution is 0.0958. The predicted molar refractivity (Wildman–Crippen MR) is 122 cm³/mol. The summed E-state index contributed by atoms with van der Waals surface area (Å²) in [5.74, 6) is 1.58. The van der Waals surface area contributed by atoms with Gasteiger partial charge in [-0.1, -0.05) is 25.5 Å². The smallest absolute Gasteiger partial charge is 0.269 e. The van der Waals surface area contributed by atoms with Crippen molar-refractivity contribution < 1.29 is 9.53 Å². The Hall–Kier alpha value is -3.87. The van der Waals surface area contributed by atoms with Crippen LogP contribution in [0.4, 0.5) is 11.6 Å². The molecule has 1 amide bonds. The molecule has 4 rings (SSSR count). The van der Waals surface area contributed by atoms with Crippen LogP contribution in [-0.2, 0) is 6.42 Å². The van der Waals surface area contributed by atoms with Gasteiger partial charge in [-0.2, -0.15) is 0 Å². The molecule has 0 aliphatic carbocycles. The van der Waals surface area contributed by atoms with E-state index in [4.69, 9.17) is 4.74 Å². The number of H-pyrrole nitrogens is 1. The first kappa shape index (κ1) is 20.4. The Morgan fingerprint density at radius 3 is 2.65 bits per heavy atom. The molecular formula is C24H25N5O2. The maximum absolute atomic E-state index is 11.8. The van der Waals surface area contributed by atoms with Crippen LogP contribution in [0, 0.1) is 0 Å². The Balaban J connectivity index is 1.47. The van der Waals surface area contributed by atoms with Crippen molar-refractivity contribution in [2.45, 2.75) is 26.2 Å². The minimum absolute atomic E-state index is 0.261. The number of carbonyl (C=O) groups excluding carboxylic acids is 1. The van der Waals surface area contributed by atoms with Gasteiger partial charge >= 0.3 is 0 Å². The van der Waals surface area contributed by atoms with Gasteiger partial charge in [-0.25, -0.2) is 4.98 Å². The van der Waals surface area contributed by atoms with Crippen molar-refractivity contribution in [3.63, 3.8) is 0 Å². The van der Waals surface area contributed by atoms with Crippen molar-refractivity contribution >= 4 is 28.6 Å².